The molecule has 0 aliphatic heterocycles. The molecule has 0 saturated carbocycles. The fourth-order valence-electron chi connectivity index (χ4n) is 2.36. The third-order valence-electron chi connectivity index (χ3n) is 3.52. The third kappa shape index (κ3) is 3.69. The zero-order valence-corrected chi connectivity index (χ0v) is 13.8. The van der Waals surface area contributed by atoms with Gasteiger partial charge in [0.1, 0.15) is 12.3 Å². The first kappa shape index (κ1) is 17.5. The van der Waals surface area contributed by atoms with Gasteiger partial charge in [0.05, 0.1) is 6.61 Å². The van der Waals surface area contributed by atoms with Crippen LogP contribution in [0.4, 0.5) is 8.78 Å². The summed E-state index contributed by atoms with van der Waals surface area (Å²) in [4.78, 5) is 11.9. The molecular formula is C18H15F2N3O3. The molecule has 1 aromatic heterocycles. The van der Waals surface area contributed by atoms with Crippen molar-refractivity contribution in [2.45, 2.75) is 13.5 Å². The summed E-state index contributed by atoms with van der Waals surface area (Å²) in [7, 11) is 0. The highest BCUT2D eigenvalue weighted by molar-refractivity contribution is 5.93. The Kier molecular flexibility index (Phi) is 5.21. The highest BCUT2D eigenvalue weighted by atomic mass is 19.1. The summed E-state index contributed by atoms with van der Waals surface area (Å²) in [6.45, 7) is 1.85. The molecule has 1 heterocycles. The quantitative estimate of drug-likeness (QED) is 0.682. The molecule has 0 saturated heterocycles. The zero-order valence-electron chi connectivity index (χ0n) is 13.8. The molecule has 0 aliphatic carbocycles. The average Bonchev–Trinajstić information content (AvgIpc) is 3.12. The van der Waals surface area contributed by atoms with Crippen LogP contribution in [0.5, 0.6) is 5.75 Å². The van der Waals surface area contributed by atoms with Crippen LogP contribution in [0.3, 0.4) is 0 Å². The van der Waals surface area contributed by atoms with Crippen molar-refractivity contribution in [3.05, 3.63) is 65.4 Å². The van der Waals surface area contributed by atoms with E-state index in [1.807, 2.05) is 0 Å². The molecule has 0 bridgehead atoms. The second-order valence-corrected chi connectivity index (χ2v) is 5.28. The van der Waals surface area contributed by atoms with Crippen molar-refractivity contribution in [3.8, 4) is 17.0 Å². The molecule has 0 atom stereocenters. The van der Waals surface area contributed by atoms with E-state index in [4.69, 9.17) is 9.47 Å². The number of hydrogen-bond acceptors (Lipinski definition) is 5. The van der Waals surface area contributed by atoms with Crippen LogP contribution < -0.4 is 4.74 Å². The van der Waals surface area contributed by atoms with Gasteiger partial charge in [-0.15, -0.1) is 5.10 Å². The lowest BCUT2D eigenvalue weighted by Crippen LogP contribution is -2.07. The van der Waals surface area contributed by atoms with Crippen molar-refractivity contribution >= 4 is 5.97 Å². The number of hydrogen-bond donors (Lipinski definition) is 1. The van der Waals surface area contributed by atoms with E-state index in [1.54, 1.807) is 31.2 Å². The summed E-state index contributed by atoms with van der Waals surface area (Å²) < 4.78 is 37.5. The minimum Gasteiger partial charge on any atom is -0.483 e. The number of carbonyl (C=O) groups is 1. The van der Waals surface area contributed by atoms with Gasteiger partial charge < -0.3 is 9.47 Å². The molecule has 0 aliphatic rings. The summed E-state index contributed by atoms with van der Waals surface area (Å²) in [5.41, 5.74) is 1.62. The summed E-state index contributed by atoms with van der Waals surface area (Å²) in [6, 6.07) is 10.4. The Labute approximate surface area is 147 Å². The van der Waals surface area contributed by atoms with Crippen molar-refractivity contribution in [2.24, 2.45) is 0 Å². The van der Waals surface area contributed by atoms with Crippen molar-refractivity contribution in [2.75, 3.05) is 6.61 Å². The van der Waals surface area contributed by atoms with Gasteiger partial charge in [0.25, 0.3) is 0 Å². The van der Waals surface area contributed by atoms with E-state index in [0.29, 0.717) is 16.8 Å². The SMILES string of the molecule is CCOC(=O)c1n[nH]nc1-c1cccc(COc2c(F)cccc2F)c1. The molecule has 8 heteroatoms. The van der Waals surface area contributed by atoms with Gasteiger partial charge in [-0.25, -0.2) is 13.6 Å². The van der Waals surface area contributed by atoms with Gasteiger partial charge in [0, 0.05) is 5.56 Å². The van der Waals surface area contributed by atoms with Crippen molar-refractivity contribution in [1.29, 1.82) is 0 Å². The molecule has 0 amide bonds. The van der Waals surface area contributed by atoms with E-state index in [2.05, 4.69) is 15.4 Å². The predicted molar refractivity (Wildman–Crippen MR) is 88.5 cm³/mol. The second-order valence-electron chi connectivity index (χ2n) is 5.28. The van der Waals surface area contributed by atoms with Crippen LogP contribution in [0.25, 0.3) is 11.3 Å². The zero-order chi connectivity index (χ0) is 18.5. The maximum atomic E-state index is 13.6. The summed E-state index contributed by atoms with van der Waals surface area (Å²) >= 11 is 0. The molecule has 0 fully saturated rings. The first-order valence-corrected chi connectivity index (χ1v) is 7.84. The van der Waals surface area contributed by atoms with Crippen LogP contribution in [0.1, 0.15) is 23.0 Å². The van der Waals surface area contributed by atoms with Gasteiger partial charge in [-0.05, 0) is 30.7 Å². The van der Waals surface area contributed by atoms with Crippen molar-refractivity contribution in [1.82, 2.24) is 15.4 Å². The van der Waals surface area contributed by atoms with Crippen molar-refractivity contribution < 1.29 is 23.0 Å². The highest BCUT2D eigenvalue weighted by Gasteiger charge is 2.19. The average molecular weight is 359 g/mol. The Morgan fingerprint density at radius 1 is 1.12 bits per heavy atom. The lowest BCUT2D eigenvalue weighted by atomic mass is 10.1. The number of carbonyl (C=O) groups excluding carboxylic acids is 1. The molecule has 6 nitrogen and oxygen atoms in total. The van der Waals surface area contributed by atoms with Gasteiger partial charge in [-0.3, -0.25) is 0 Å². The summed E-state index contributed by atoms with van der Waals surface area (Å²) in [5.74, 6) is -2.58. The molecule has 3 rings (SSSR count). The number of halogens is 2. The fourth-order valence-corrected chi connectivity index (χ4v) is 2.36. The van der Waals surface area contributed by atoms with Crippen LogP contribution in [0, 0.1) is 11.6 Å². The highest BCUT2D eigenvalue weighted by Crippen LogP contribution is 2.24. The van der Waals surface area contributed by atoms with Gasteiger partial charge >= 0.3 is 5.97 Å². The number of nitrogens with zero attached hydrogens (tertiary/aromatic N) is 2. The van der Waals surface area contributed by atoms with Crippen LogP contribution in [-0.4, -0.2) is 28.0 Å². The number of para-hydroxylation sites is 1. The minimum atomic E-state index is -0.776. The number of H-pyrrole nitrogens is 1. The number of aromatic amines is 1. The van der Waals surface area contributed by atoms with Gasteiger partial charge in [0.15, 0.2) is 23.1 Å². The molecule has 3 aromatic rings. The topological polar surface area (TPSA) is 77.1 Å². The lowest BCUT2D eigenvalue weighted by Gasteiger charge is -2.09. The molecule has 26 heavy (non-hydrogen) atoms. The maximum Gasteiger partial charge on any atom is 0.361 e. The van der Waals surface area contributed by atoms with E-state index >= 15 is 0 Å². The lowest BCUT2D eigenvalue weighted by molar-refractivity contribution is 0.0520. The van der Waals surface area contributed by atoms with E-state index in [0.717, 1.165) is 12.1 Å². The first-order chi connectivity index (χ1) is 12.6. The van der Waals surface area contributed by atoms with Crippen LogP contribution in [0.2, 0.25) is 0 Å². The van der Waals surface area contributed by atoms with Gasteiger partial charge in [-0.1, -0.05) is 24.3 Å². The molecular weight excluding hydrogens is 344 g/mol. The number of benzene rings is 2. The normalized spacial score (nSPS) is 10.6. The molecule has 134 valence electrons. The Morgan fingerprint density at radius 3 is 2.58 bits per heavy atom. The van der Waals surface area contributed by atoms with E-state index in [1.165, 1.54) is 6.07 Å². The number of rotatable bonds is 6. The van der Waals surface area contributed by atoms with Crippen LogP contribution in [0.15, 0.2) is 42.5 Å². The Hall–Kier alpha value is -3.29. The fraction of sp³-hybridized carbons (Fsp3) is 0.167. The third-order valence-corrected chi connectivity index (χ3v) is 3.52. The van der Waals surface area contributed by atoms with E-state index in [-0.39, 0.29) is 18.9 Å². The second kappa shape index (κ2) is 7.73. The monoisotopic (exact) mass is 359 g/mol. The Balaban J connectivity index is 1.81. The number of ether oxygens (including phenoxy) is 2. The number of aromatic nitrogens is 3. The van der Waals surface area contributed by atoms with Crippen molar-refractivity contribution in [3.63, 3.8) is 0 Å². The number of esters is 1. The molecule has 0 radical (unpaired) electrons. The Morgan fingerprint density at radius 2 is 1.85 bits per heavy atom. The molecule has 0 spiro atoms. The Bertz CT molecular complexity index is 907. The summed E-state index contributed by atoms with van der Waals surface area (Å²) in [6.07, 6.45) is 0. The maximum absolute atomic E-state index is 13.6. The molecule has 2 aromatic carbocycles. The smallest absolute Gasteiger partial charge is 0.361 e. The number of nitrogens with one attached hydrogen (secondary N) is 1. The van der Waals surface area contributed by atoms with Crippen LogP contribution in [-0.2, 0) is 11.3 Å². The molecule has 1 N–H and O–H groups in total. The van der Waals surface area contributed by atoms with E-state index in [9.17, 15) is 13.6 Å². The van der Waals surface area contributed by atoms with E-state index < -0.39 is 23.4 Å². The van der Waals surface area contributed by atoms with Crippen LogP contribution >= 0.6 is 0 Å². The molecule has 0 unspecified atom stereocenters. The van der Waals surface area contributed by atoms with Gasteiger partial charge in [-0.2, -0.15) is 10.3 Å². The summed E-state index contributed by atoms with van der Waals surface area (Å²) in [5, 5.41) is 10.2. The van der Waals surface area contributed by atoms with Gasteiger partial charge in [0.2, 0.25) is 0 Å². The minimum absolute atomic E-state index is 0.0573. The first-order valence-electron chi connectivity index (χ1n) is 7.84. The standard InChI is InChI=1S/C18H15F2N3O3/c1-2-25-18(24)16-15(21-23-22-16)12-6-3-5-11(9-12)10-26-17-13(19)7-4-8-14(17)20/h3-9H,2,10H2,1H3,(H,21,22,23). The largest absolute Gasteiger partial charge is 0.483 e. The predicted octanol–water partition coefficient (Wildman–Crippen LogP) is 3.51.